The van der Waals surface area contributed by atoms with Crippen molar-refractivity contribution in [3.63, 3.8) is 0 Å². The Balaban J connectivity index is 2.55. The Kier molecular flexibility index (Phi) is 6.02. The largest absolute Gasteiger partial charge is 0.449 e. The van der Waals surface area contributed by atoms with Crippen LogP contribution in [0.2, 0.25) is 0 Å². The Hall–Kier alpha value is -1.88. The average molecular weight is 265 g/mol. The van der Waals surface area contributed by atoms with Crippen molar-refractivity contribution in [2.45, 2.75) is 33.0 Å². The van der Waals surface area contributed by atoms with E-state index >= 15 is 0 Å². The van der Waals surface area contributed by atoms with Gasteiger partial charge in [0, 0.05) is 6.54 Å². The zero-order valence-electron chi connectivity index (χ0n) is 11.2. The summed E-state index contributed by atoms with van der Waals surface area (Å²) in [5.41, 5.74) is 1.07. The molecule has 0 fully saturated rings. The van der Waals surface area contributed by atoms with Crippen LogP contribution in [0.25, 0.3) is 0 Å². The Labute approximate surface area is 112 Å². The van der Waals surface area contributed by atoms with E-state index in [1.54, 1.807) is 24.3 Å². The number of amides is 1. The average Bonchev–Trinajstić information content (AvgIpc) is 2.44. The van der Waals surface area contributed by atoms with Gasteiger partial charge in [-0.1, -0.05) is 19.1 Å². The lowest BCUT2D eigenvalue weighted by molar-refractivity contribution is -0.129. The van der Waals surface area contributed by atoms with Crippen LogP contribution in [0.5, 0.6) is 0 Å². The highest BCUT2D eigenvalue weighted by Crippen LogP contribution is 2.07. The van der Waals surface area contributed by atoms with Gasteiger partial charge in [-0.3, -0.25) is 4.79 Å². The summed E-state index contributed by atoms with van der Waals surface area (Å²) < 4.78 is 5.06. The third-order valence-electron chi connectivity index (χ3n) is 2.57. The molecule has 1 atom stereocenters. The monoisotopic (exact) mass is 265 g/mol. The Morgan fingerprint density at radius 1 is 1.32 bits per heavy atom. The van der Waals surface area contributed by atoms with Gasteiger partial charge in [0.15, 0.2) is 6.10 Å². The van der Waals surface area contributed by atoms with Crippen LogP contribution in [0, 0.1) is 0 Å². The van der Waals surface area contributed by atoms with Crippen LogP contribution in [-0.2, 0) is 16.1 Å². The summed E-state index contributed by atoms with van der Waals surface area (Å²) in [4.78, 5) is 23.3. The first kappa shape index (κ1) is 15.2. The van der Waals surface area contributed by atoms with Crippen molar-refractivity contribution in [3.05, 3.63) is 35.4 Å². The van der Waals surface area contributed by atoms with E-state index in [2.05, 4.69) is 5.32 Å². The number of aliphatic hydroxyl groups is 1. The maximum Gasteiger partial charge on any atom is 0.338 e. The van der Waals surface area contributed by atoms with Gasteiger partial charge in [0.05, 0.1) is 12.2 Å². The zero-order valence-corrected chi connectivity index (χ0v) is 11.2. The number of carbonyl (C=O) groups is 2. The van der Waals surface area contributed by atoms with Gasteiger partial charge >= 0.3 is 5.97 Å². The van der Waals surface area contributed by atoms with Crippen molar-refractivity contribution < 1.29 is 19.4 Å². The quantitative estimate of drug-likeness (QED) is 0.759. The maximum absolute atomic E-state index is 11.8. The van der Waals surface area contributed by atoms with Crippen molar-refractivity contribution in [1.29, 1.82) is 0 Å². The van der Waals surface area contributed by atoms with E-state index in [9.17, 15) is 9.59 Å². The van der Waals surface area contributed by atoms with Crippen LogP contribution in [0.3, 0.4) is 0 Å². The second-order valence-corrected chi connectivity index (χ2v) is 4.19. The SMILES string of the molecule is CCCNC(=O)[C@@H](C)OC(=O)c1ccc(CO)cc1. The Bertz CT molecular complexity index is 428. The molecule has 0 saturated carbocycles. The number of carbonyl (C=O) groups excluding carboxylic acids is 2. The van der Waals surface area contributed by atoms with Gasteiger partial charge in [-0.15, -0.1) is 0 Å². The standard InChI is InChI=1S/C14H19NO4/c1-3-8-15-13(17)10(2)19-14(18)12-6-4-11(9-16)5-7-12/h4-7,10,16H,3,8-9H2,1-2H3,(H,15,17)/t10-/m1/s1. The molecule has 0 spiro atoms. The van der Waals surface area contributed by atoms with E-state index in [1.165, 1.54) is 6.92 Å². The molecule has 1 aromatic carbocycles. The lowest BCUT2D eigenvalue weighted by Gasteiger charge is -2.13. The van der Waals surface area contributed by atoms with Crippen molar-refractivity contribution in [1.82, 2.24) is 5.32 Å². The van der Waals surface area contributed by atoms with Crippen LogP contribution in [0.15, 0.2) is 24.3 Å². The molecule has 1 amide bonds. The third kappa shape index (κ3) is 4.71. The van der Waals surface area contributed by atoms with Crippen LogP contribution in [0.1, 0.15) is 36.2 Å². The smallest absolute Gasteiger partial charge is 0.338 e. The van der Waals surface area contributed by atoms with Gasteiger partial charge in [0.2, 0.25) is 0 Å². The van der Waals surface area contributed by atoms with Crippen molar-refractivity contribution >= 4 is 11.9 Å². The first-order valence-electron chi connectivity index (χ1n) is 6.27. The normalized spacial score (nSPS) is 11.7. The van der Waals surface area contributed by atoms with E-state index in [4.69, 9.17) is 9.84 Å². The molecule has 0 saturated heterocycles. The molecule has 1 rings (SSSR count). The summed E-state index contributed by atoms with van der Waals surface area (Å²) >= 11 is 0. The molecule has 5 heteroatoms. The fourth-order valence-corrected chi connectivity index (χ4v) is 1.42. The molecule has 0 heterocycles. The molecule has 104 valence electrons. The highest BCUT2D eigenvalue weighted by molar-refractivity contribution is 5.92. The van der Waals surface area contributed by atoms with Gasteiger partial charge < -0.3 is 15.2 Å². The molecule has 0 aliphatic heterocycles. The van der Waals surface area contributed by atoms with Gasteiger partial charge in [-0.25, -0.2) is 4.79 Å². The van der Waals surface area contributed by atoms with E-state index in [-0.39, 0.29) is 12.5 Å². The summed E-state index contributed by atoms with van der Waals surface area (Å²) in [5, 5.41) is 11.6. The number of aliphatic hydroxyl groups excluding tert-OH is 1. The molecule has 1 aromatic rings. The fourth-order valence-electron chi connectivity index (χ4n) is 1.42. The van der Waals surface area contributed by atoms with Crippen LogP contribution in [0.4, 0.5) is 0 Å². The maximum atomic E-state index is 11.8. The van der Waals surface area contributed by atoms with Gasteiger partial charge in [0.1, 0.15) is 0 Å². The number of ether oxygens (including phenoxy) is 1. The van der Waals surface area contributed by atoms with Gasteiger partial charge in [-0.2, -0.15) is 0 Å². The number of esters is 1. The van der Waals surface area contributed by atoms with E-state index < -0.39 is 12.1 Å². The van der Waals surface area contributed by atoms with E-state index in [0.717, 1.165) is 6.42 Å². The zero-order chi connectivity index (χ0) is 14.3. The van der Waals surface area contributed by atoms with Crippen molar-refractivity contribution in [2.75, 3.05) is 6.54 Å². The topological polar surface area (TPSA) is 75.6 Å². The predicted octanol–water partition coefficient (Wildman–Crippen LogP) is 1.25. The molecule has 0 aliphatic rings. The number of hydrogen-bond donors (Lipinski definition) is 2. The van der Waals surface area contributed by atoms with E-state index in [0.29, 0.717) is 17.7 Å². The summed E-state index contributed by atoms with van der Waals surface area (Å²) in [7, 11) is 0. The molecule has 0 aliphatic carbocycles. The number of benzene rings is 1. The number of nitrogens with one attached hydrogen (secondary N) is 1. The van der Waals surface area contributed by atoms with Crippen LogP contribution >= 0.6 is 0 Å². The van der Waals surface area contributed by atoms with Crippen LogP contribution in [-0.4, -0.2) is 29.6 Å². The van der Waals surface area contributed by atoms with Gasteiger partial charge in [-0.05, 0) is 31.0 Å². The minimum atomic E-state index is -0.823. The summed E-state index contributed by atoms with van der Waals surface area (Å²) in [6.07, 6.45) is 0.00578. The van der Waals surface area contributed by atoms with Gasteiger partial charge in [0.25, 0.3) is 5.91 Å². The Morgan fingerprint density at radius 2 is 1.95 bits per heavy atom. The first-order chi connectivity index (χ1) is 9.08. The lowest BCUT2D eigenvalue weighted by atomic mass is 10.1. The molecule has 0 unspecified atom stereocenters. The summed E-state index contributed by atoms with van der Waals surface area (Å²) in [5.74, 6) is -0.856. The summed E-state index contributed by atoms with van der Waals surface area (Å²) in [6.45, 7) is 3.96. The fraction of sp³-hybridized carbons (Fsp3) is 0.429. The lowest BCUT2D eigenvalue weighted by Crippen LogP contribution is -2.36. The second-order valence-electron chi connectivity index (χ2n) is 4.19. The third-order valence-corrected chi connectivity index (χ3v) is 2.57. The molecule has 5 nitrogen and oxygen atoms in total. The number of rotatable bonds is 6. The second kappa shape index (κ2) is 7.53. The van der Waals surface area contributed by atoms with E-state index in [1.807, 2.05) is 6.92 Å². The molecule has 2 N–H and O–H groups in total. The molecule has 0 bridgehead atoms. The van der Waals surface area contributed by atoms with Crippen LogP contribution < -0.4 is 5.32 Å². The van der Waals surface area contributed by atoms with Crippen molar-refractivity contribution in [2.24, 2.45) is 0 Å². The minimum absolute atomic E-state index is 0.0782. The highest BCUT2D eigenvalue weighted by atomic mass is 16.5. The Morgan fingerprint density at radius 3 is 2.47 bits per heavy atom. The number of hydrogen-bond acceptors (Lipinski definition) is 4. The molecular weight excluding hydrogens is 246 g/mol. The predicted molar refractivity (Wildman–Crippen MR) is 70.5 cm³/mol. The minimum Gasteiger partial charge on any atom is -0.449 e. The molecular formula is C14H19NO4. The molecule has 19 heavy (non-hydrogen) atoms. The molecule has 0 radical (unpaired) electrons. The van der Waals surface area contributed by atoms with Crippen molar-refractivity contribution in [3.8, 4) is 0 Å². The highest BCUT2D eigenvalue weighted by Gasteiger charge is 2.18. The first-order valence-corrected chi connectivity index (χ1v) is 6.27. The molecule has 0 aromatic heterocycles. The summed E-state index contributed by atoms with van der Waals surface area (Å²) in [6, 6.07) is 6.39.